The summed E-state index contributed by atoms with van der Waals surface area (Å²) in [6.07, 6.45) is -4.81. The maximum absolute atomic E-state index is 14.0. The summed E-state index contributed by atoms with van der Waals surface area (Å²) in [7, 11) is 1.59. The molecule has 7 nitrogen and oxygen atoms in total. The van der Waals surface area contributed by atoms with Crippen LogP contribution in [-0.4, -0.2) is 40.6 Å². The van der Waals surface area contributed by atoms with Crippen molar-refractivity contribution in [2.24, 2.45) is 0 Å². The zero-order chi connectivity index (χ0) is 23.2. The van der Waals surface area contributed by atoms with Crippen LogP contribution < -0.4 is 14.8 Å². The first-order chi connectivity index (χ1) is 15.8. The van der Waals surface area contributed by atoms with Gasteiger partial charge in [-0.05, 0) is 23.3 Å². The number of nitrogens with one attached hydrogen (secondary N) is 1. The molecule has 3 aromatic rings. The lowest BCUT2D eigenvalue weighted by Crippen LogP contribution is -2.35. The normalized spacial score (nSPS) is 19.0. The maximum Gasteiger partial charge on any atom is 0.410 e. The van der Waals surface area contributed by atoms with E-state index in [0.29, 0.717) is 23.6 Å². The number of nitrogens with zero attached hydrogens (tertiary/aromatic N) is 3. The Morgan fingerprint density at radius 3 is 2.67 bits per heavy atom. The zero-order valence-corrected chi connectivity index (χ0v) is 17.7. The second kappa shape index (κ2) is 8.02. The number of hydrogen-bond acceptors (Lipinski definition) is 5. The molecular weight excluding hydrogens is 437 g/mol. The Hall–Kier alpha value is -3.69. The summed E-state index contributed by atoms with van der Waals surface area (Å²) in [6, 6.07) is 13.3. The first-order valence-corrected chi connectivity index (χ1v) is 10.4. The molecule has 0 aliphatic carbocycles. The van der Waals surface area contributed by atoms with E-state index in [1.54, 1.807) is 25.2 Å². The van der Waals surface area contributed by atoms with Crippen LogP contribution >= 0.6 is 0 Å². The van der Waals surface area contributed by atoms with Crippen molar-refractivity contribution >= 4 is 11.7 Å². The number of carbonyl (C=O) groups is 1. The minimum absolute atomic E-state index is 0.0449. The second-order valence-corrected chi connectivity index (χ2v) is 8.11. The molecule has 0 saturated heterocycles. The van der Waals surface area contributed by atoms with Gasteiger partial charge in [-0.2, -0.15) is 18.3 Å². The molecule has 5 rings (SSSR count). The average Bonchev–Trinajstić information content (AvgIpc) is 3.44. The summed E-state index contributed by atoms with van der Waals surface area (Å²) in [5, 5.41) is 7.15. The number of ether oxygens (including phenoxy) is 2. The summed E-state index contributed by atoms with van der Waals surface area (Å²) >= 11 is 0. The molecule has 2 aliphatic heterocycles. The van der Waals surface area contributed by atoms with E-state index >= 15 is 0 Å². The van der Waals surface area contributed by atoms with Gasteiger partial charge in [0, 0.05) is 26.1 Å². The van der Waals surface area contributed by atoms with Gasteiger partial charge in [0.25, 0.3) is 5.91 Å². The fraction of sp³-hybridized carbons (Fsp3) is 0.304. The highest BCUT2D eigenvalue weighted by atomic mass is 19.4. The van der Waals surface area contributed by atoms with Crippen molar-refractivity contribution in [3.8, 4) is 11.5 Å². The Morgan fingerprint density at radius 2 is 1.91 bits per heavy atom. The third-order valence-electron chi connectivity index (χ3n) is 5.82. The van der Waals surface area contributed by atoms with Crippen LogP contribution in [0, 0.1) is 0 Å². The Labute approximate surface area is 187 Å². The molecule has 2 atom stereocenters. The van der Waals surface area contributed by atoms with Crippen molar-refractivity contribution in [1.82, 2.24) is 14.7 Å². The van der Waals surface area contributed by atoms with Crippen molar-refractivity contribution in [2.45, 2.75) is 31.2 Å². The molecule has 0 saturated carbocycles. The Bertz CT molecular complexity index is 1180. The number of amides is 1. The third kappa shape index (κ3) is 4.08. The van der Waals surface area contributed by atoms with E-state index in [-0.39, 0.29) is 24.7 Å². The Balaban J connectivity index is 1.42. The summed E-state index contributed by atoms with van der Waals surface area (Å²) in [5.41, 5.74) is 1.50. The van der Waals surface area contributed by atoms with Crippen LogP contribution in [0.1, 0.15) is 40.1 Å². The van der Waals surface area contributed by atoms with Crippen LogP contribution in [0.5, 0.6) is 11.5 Å². The number of anilines is 1. The topological polar surface area (TPSA) is 68.6 Å². The molecule has 10 heteroatoms. The Kier molecular flexibility index (Phi) is 5.15. The average molecular weight is 458 g/mol. The van der Waals surface area contributed by atoms with Crippen LogP contribution in [-0.2, 0) is 6.54 Å². The van der Waals surface area contributed by atoms with Crippen LogP contribution in [0.2, 0.25) is 0 Å². The molecule has 0 radical (unpaired) electrons. The van der Waals surface area contributed by atoms with Gasteiger partial charge in [-0.25, -0.2) is 4.68 Å². The molecule has 2 aliphatic rings. The SMILES string of the molecule is CN(Cc1ccccc1)C(=O)c1cc2n(n1)C(C(F)(F)F)CC(c1ccc3c(c1)OCO3)N2. The lowest BCUT2D eigenvalue weighted by molar-refractivity contribution is -0.173. The van der Waals surface area contributed by atoms with Gasteiger partial charge in [-0.1, -0.05) is 36.4 Å². The van der Waals surface area contributed by atoms with E-state index in [4.69, 9.17) is 9.47 Å². The molecule has 1 N–H and O–H groups in total. The van der Waals surface area contributed by atoms with Crippen LogP contribution in [0.4, 0.5) is 19.0 Å². The quantitative estimate of drug-likeness (QED) is 0.622. The fourth-order valence-electron chi connectivity index (χ4n) is 4.15. The first-order valence-electron chi connectivity index (χ1n) is 10.4. The molecular formula is C23H21F3N4O3. The number of rotatable bonds is 4. The minimum atomic E-state index is -4.53. The van der Waals surface area contributed by atoms with Crippen LogP contribution in [0.3, 0.4) is 0 Å². The number of fused-ring (bicyclic) bond motifs is 2. The number of carbonyl (C=O) groups excluding carboxylic acids is 1. The van der Waals surface area contributed by atoms with Crippen molar-refractivity contribution in [3.63, 3.8) is 0 Å². The van der Waals surface area contributed by atoms with Gasteiger partial charge in [-0.15, -0.1) is 0 Å². The van der Waals surface area contributed by atoms with Crippen LogP contribution in [0.15, 0.2) is 54.6 Å². The first kappa shape index (κ1) is 21.2. The molecule has 0 spiro atoms. The number of aromatic nitrogens is 2. The van der Waals surface area contributed by atoms with E-state index in [9.17, 15) is 18.0 Å². The van der Waals surface area contributed by atoms with Gasteiger partial charge in [-0.3, -0.25) is 4.79 Å². The molecule has 2 unspecified atom stereocenters. The lowest BCUT2D eigenvalue weighted by atomic mass is 9.96. The van der Waals surface area contributed by atoms with Gasteiger partial charge in [0.2, 0.25) is 6.79 Å². The van der Waals surface area contributed by atoms with Gasteiger partial charge in [0.1, 0.15) is 5.82 Å². The molecule has 3 heterocycles. The predicted molar refractivity (Wildman–Crippen MR) is 113 cm³/mol. The zero-order valence-electron chi connectivity index (χ0n) is 17.7. The summed E-state index contributed by atoms with van der Waals surface area (Å²) in [6.45, 7) is 0.397. The van der Waals surface area contributed by atoms with E-state index in [1.807, 2.05) is 30.3 Å². The van der Waals surface area contributed by atoms with E-state index < -0.39 is 24.2 Å². The van der Waals surface area contributed by atoms with Gasteiger partial charge in [0.15, 0.2) is 23.2 Å². The van der Waals surface area contributed by atoms with Crippen molar-refractivity contribution in [3.05, 3.63) is 71.4 Å². The highest BCUT2D eigenvalue weighted by Gasteiger charge is 2.47. The molecule has 2 aromatic carbocycles. The number of halogens is 3. The van der Waals surface area contributed by atoms with Gasteiger partial charge < -0.3 is 19.7 Å². The summed E-state index contributed by atoms with van der Waals surface area (Å²) in [4.78, 5) is 14.3. The van der Waals surface area contributed by atoms with Crippen molar-refractivity contribution in [1.29, 1.82) is 0 Å². The smallest absolute Gasteiger partial charge is 0.410 e. The second-order valence-electron chi connectivity index (χ2n) is 8.11. The number of alkyl halides is 3. The fourth-order valence-corrected chi connectivity index (χ4v) is 4.15. The van der Waals surface area contributed by atoms with E-state index in [0.717, 1.165) is 10.2 Å². The number of hydrogen-bond donors (Lipinski definition) is 1. The maximum atomic E-state index is 14.0. The Morgan fingerprint density at radius 1 is 1.15 bits per heavy atom. The van der Waals surface area contributed by atoms with E-state index in [1.165, 1.54) is 11.0 Å². The number of benzene rings is 2. The predicted octanol–water partition coefficient (Wildman–Crippen LogP) is 4.54. The third-order valence-corrected chi connectivity index (χ3v) is 5.82. The highest BCUT2D eigenvalue weighted by Crippen LogP contribution is 2.45. The largest absolute Gasteiger partial charge is 0.454 e. The van der Waals surface area contributed by atoms with Gasteiger partial charge in [0.05, 0.1) is 6.04 Å². The molecule has 172 valence electrons. The van der Waals surface area contributed by atoms with Crippen molar-refractivity contribution < 1.29 is 27.4 Å². The molecule has 0 fully saturated rings. The molecule has 1 aromatic heterocycles. The van der Waals surface area contributed by atoms with E-state index in [2.05, 4.69) is 10.4 Å². The van der Waals surface area contributed by atoms with Crippen LogP contribution in [0.25, 0.3) is 0 Å². The highest BCUT2D eigenvalue weighted by molar-refractivity contribution is 5.93. The van der Waals surface area contributed by atoms with Crippen molar-refractivity contribution in [2.75, 3.05) is 19.2 Å². The minimum Gasteiger partial charge on any atom is -0.454 e. The molecule has 1 amide bonds. The summed E-state index contributed by atoms with van der Waals surface area (Å²) in [5.74, 6) is 0.738. The summed E-state index contributed by atoms with van der Waals surface area (Å²) < 4.78 is 53.4. The standard InChI is InChI=1S/C23H21F3N4O3/c1-29(12-14-5-3-2-4-6-14)22(31)17-11-21-27-16(10-20(23(24,25)26)30(21)28-17)15-7-8-18-19(9-15)33-13-32-18/h2-9,11,16,20,27H,10,12-13H2,1H3. The molecule has 0 bridgehead atoms. The van der Waals surface area contributed by atoms with Gasteiger partial charge >= 0.3 is 6.18 Å². The molecule has 33 heavy (non-hydrogen) atoms. The lowest BCUT2D eigenvalue weighted by Gasteiger charge is -2.33. The monoisotopic (exact) mass is 458 g/mol.